The summed E-state index contributed by atoms with van der Waals surface area (Å²) in [5.74, 6) is 4.60. The van der Waals surface area contributed by atoms with Crippen LogP contribution in [0.15, 0.2) is 59.6 Å². The van der Waals surface area contributed by atoms with Crippen molar-refractivity contribution in [3.05, 3.63) is 65.7 Å². The lowest BCUT2D eigenvalue weighted by Crippen LogP contribution is -2.21. The monoisotopic (exact) mass is 287 g/mol. The van der Waals surface area contributed by atoms with Crippen molar-refractivity contribution in [2.45, 2.75) is 13.1 Å². The van der Waals surface area contributed by atoms with Crippen molar-refractivity contribution in [1.29, 1.82) is 0 Å². The lowest BCUT2D eigenvalue weighted by atomic mass is 10.2. The van der Waals surface area contributed by atoms with E-state index >= 15 is 0 Å². The third-order valence-electron chi connectivity index (χ3n) is 2.64. The third-order valence-corrected chi connectivity index (χ3v) is 2.64. The van der Waals surface area contributed by atoms with Crippen molar-refractivity contribution in [1.82, 2.24) is 0 Å². The molecule has 0 N–H and O–H groups in total. The summed E-state index contributed by atoms with van der Waals surface area (Å²) >= 11 is 0. The zero-order chi connectivity index (χ0) is 15.3. The molecule has 0 aliphatic heterocycles. The smallest absolute Gasteiger partial charge is 0.235 e. The van der Waals surface area contributed by atoms with E-state index in [1.807, 2.05) is 6.92 Å². The summed E-state index contributed by atoms with van der Waals surface area (Å²) in [5, 5.41) is 0. The number of aliphatic imine (C=N–C) groups is 1. The normalized spacial score (nSPS) is 11.7. The van der Waals surface area contributed by atoms with Gasteiger partial charge in [-0.2, -0.15) is 13.2 Å². The maximum atomic E-state index is 13.0. The standard InChI is InChI=1S/C17H12F3N/c1-13-7-10-15(11-8-13)21-16(17(18,19)20)12-9-14-5-3-2-4-6-14/h2-8,10-11H,1H3. The van der Waals surface area contributed by atoms with E-state index < -0.39 is 11.9 Å². The molecule has 0 unspecified atom stereocenters. The molecular weight excluding hydrogens is 275 g/mol. The minimum atomic E-state index is -4.58. The molecule has 0 aromatic heterocycles. The largest absolute Gasteiger partial charge is 0.441 e. The van der Waals surface area contributed by atoms with Gasteiger partial charge in [0.15, 0.2) is 5.71 Å². The van der Waals surface area contributed by atoms with Gasteiger partial charge in [0.2, 0.25) is 0 Å². The van der Waals surface area contributed by atoms with E-state index in [0.29, 0.717) is 5.56 Å². The fraction of sp³-hybridized carbons (Fsp3) is 0.118. The topological polar surface area (TPSA) is 12.4 Å². The Balaban J connectivity index is 2.36. The Labute approximate surface area is 121 Å². The molecule has 21 heavy (non-hydrogen) atoms. The quantitative estimate of drug-likeness (QED) is 0.533. The van der Waals surface area contributed by atoms with Crippen molar-refractivity contribution < 1.29 is 13.2 Å². The summed E-state index contributed by atoms with van der Waals surface area (Å²) in [4.78, 5) is 3.60. The van der Waals surface area contributed by atoms with E-state index in [0.717, 1.165) is 5.56 Å². The Kier molecular flexibility index (Phi) is 4.44. The number of hydrogen-bond acceptors (Lipinski definition) is 1. The lowest BCUT2D eigenvalue weighted by molar-refractivity contribution is -0.0571. The number of hydrogen-bond donors (Lipinski definition) is 0. The highest BCUT2D eigenvalue weighted by Gasteiger charge is 2.34. The van der Waals surface area contributed by atoms with Gasteiger partial charge in [0, 0.05) is 5.56 Å². The van der Waals surface area contributed by atoms with Crippen molar-refractivity contribution in [3.63, 3.8) is 0 Å². The maximum Gasteiger partial charge on any atom is 0.441 e. The van der Waals surface area contributed by atoms with Crippen LogP contribution >= 0.6 is 0 Å². The van der Waals surface area contributed by atoms with Gasteiger partial charge in [-0.1, -0.05) is 41.8 Å². The number of halogens is 3. The molecule has 0 saturated heterocycles. The average Bonchev–Trinajstić information content (AvgIpc) is 2.45. The van der Waals surface area contributed by atoms with Crippen LogP contribution in [0.4, 0.5) is 18.9 Å². The minimum Gasteiger partial charge on any atom is -0.235 e. The molecule has 0 radical (unpaired) electrons. The van der Waals surface area contributed by atoms with Crippen molar-refractivity contribution in [2.75, 3.05) is 0 Å². The first-order valence-electron chi connectivity index (χ1n) is 6.25. The van der Waals surface area contributed by atoms with Crippen LogP contribution in [0.1, 0.15) is 11.1 Å². The summed E-state index contributed by atoms with van der Waals surface area (Å²) < 4.78 is 38.9. The van der Waals surface area contributed by atoms with Gasteiger partial charge in [0.25, 0.3) is 0 Å². The summed E-state index contributed by atoms with van der Waals surface area (Å²) in [7, 11) is 0. The first-order chi connectivity index (χ1) is 9.95. The second kappa shape index (κ2) is 6.27. The minimum absolute atomic E-state index is 0.232. The van der Waals surface area contributed by atoms with Gasteiger partial charge in [0.1, 0.15) is 0 Å². The summed E-state index contributed by atoms with van der Waals surface area (Å²) in [5.41, 5.74) is 0.599. The second-order valence-corrected chi connectivity index (χ2v) is 4.41. The van der Waals surface area contributed by atoms with Crippen molar-refractivity contribution >= 4 is 11.4 Å². The van der Waals surface area contributed by atoms with Gasteiger partial charge in [-0.3, -0.25) is 0 Å². The molecular formula is C17H12F3N. The molecule has 0 saturated carbocycles. The van der Waals surface area contributed by atoms with Gasteiger partial charge >= 0.3 is 6.18 Å². The van der Waals surface area contributed by atoms with Crippen LogP contribution in [-0.2, 0) is 0 Å². The van der Waals surface area contributed by atoms with E-state index in [1.54, 1.807) is 42.5 Å². The van der Waals surface area contributed by atoms with Gasteiger partial charge in [0.05, 0.1) is 5.69 Å². The van der Waals surface area contributed by atoms with Gasteiger partial charge in [-0.05, 0) is 37.1 Å². The Morgan fingerprint density at radius 3 is 2.14 bits per heavy atom. The number of aryl methyl sites for hydroxylation is 1. The van der Waals surface area contributed by atoms with Crippen LogP contribution in [0.5, 0.6) is 0 Å². The molecule has 2 aromatic rings. The molecule has 106 valence electrons. The Morgan fingerprint density at radius 1 is 0.952 bits per heavy atom. The van der Waals surface area contributed by atoms with E-state index in [2.05, 4.69) is 16.8 Å². The van der Waals surface area contributed by atoms with Crippen LogP contribution in [0, 0.1) is 18.8 Å². The van der Waals surface area contributed by atoms with Gasteiger partial charge < -0.3 is 0 Å². The number of alkyl halides is 3. The number of nitrogens with zero attached hydrogens (tertiary/aromatic N) is 1. The summed E-state index contributed by atoms with van der Waals surface area (Å²) in [6.45, 7) is 1.85. The lowest BCUT2D eigenvalue weighted by Gasteiger charge is -2.04. The van der Waals surface area contributed by atoms with Crippen LogP contribution in [-0.4, -0.2) is 11.9 Å². The van der Waals surface area contributed by atoms with Crippen LogP contribution in [0.25, 0.3) is 0 Å². The molecule has 0 atom stereocenters. The average molecular weight is 287 g/mol. The molecule has 0 aliphatic carbocycles. The third kappa shape index (κ3) is 4.50. The summed E-state index contributed by atoms with van der Waals surface area (Å²) in [6.07, 6.45) is -4.58. The number of benzene rings is 2. The predicted octanol–water partition coefficient (Wildman–Crippen LogP) is 4.68. The fourth-order valence-electron chi connectivity index (χ4n) is 1.56. The maximum absolute atomic E-state index is 13.0. The highest BCUT2D eigenvalue weighted by atomic mass is 19.4. The second-order valence-electron chi connectivity index (χ2n) is 4.41. The molecule has 2 rings (SSSR count). The fourth-order valence-corrected chi connectivity index (χ4v) is 1.56. The van der Waals surface area contributed by atoms with Gasteiger partial charge in [-0.15, -0.1) is 0 Å². The Morgan fingerprint density at radius 2 is 1.57 bits per heavy atom. The molecule has 0 heterocycles. The molecule has 0 amide bonds. The molecule has 0 fully saturated rings. The first-order valence-corrected chi connectivity index (χ1v) is 6.25. The van der Waals surface area contributed by atoms with Crippen molar-refractivity contribution in [2.24, 2.45) is 4.99 Å². The molecule has 0 spiro atoms. The Hall–Kier alpha value is -2.54. The zero-order valence-corrected chi connectivity index (χ0v) is 11.3. The molecule has 2 aromatic carbocycles. The highest BCUT2D eigenvalue weighted by Crippen LogP contribution is 2.21. The highest BCUT2D eigenvalue weighted by molar-refractivity contribution is 6.06. The molecule has 0 aliphatic rings. The molecule has 0 bridgehead atoms. The van der Waals surface area contributed by atoms with Crippen LogP contribution in [0.3, 0.4) is 0 Å². The summed E-state index contributed by atoms with van der Waals surface area (Å²) in [6, 6.07) is 15.0. The van der Waals surface area contributed by atoms with E-state index in [9.17, 15) is 13.2 Å². The SMILES string of the molecule is Cc1ccc(N=C(C#Cc2ccccc2)C(F)(F)F)cc1. The predicted molar refractivity (Wildman–Crippen MR) is 77.6 cm³/mol. The van der Waals surface area contributed by atoms with Gasteiger partial charge in [-0.25, -0.2) is 4.99 Å². The molecule has 4 heteroatoms. The van der Waals surface area contributed by atoms with E-state index in [-0.39, 0.29) is 5.69 Å². The number of rotatable bonds is 1. The first kappa shape index (κ1) is 14.9. The van der Waals surface area contributed by atoms with Crippen LogP contribution < -0.4 is 0 Å². The Bertz CT molecular complexity index is 687. The molecule has 1 nitrogen and oxygen atoms in total. The van der Waals surface area contributed by atoms with E-state index in [1.165, 1.54) is 12.1 Å². The van der Waals surface area contributed by atoms with E-state index in [4.69, 9.17) is 0 Å². The van der Waals surface area contributed by atoms with Crippen molar-refractivity contribution in [3.8, 4) is 11.8 Å². The van der Waals surface area contributed by atoms with Crippen LogP contribution in [0.2, 0.25) is 0 Å². The zero-order valence-electron chi connectivity index (χ0n) is 11.3.